The summed E-state index contributed by atoms with van der Waals surface area (Å²) in [4.78, 5) is 11.6. The number of anilines is 1. The van der Waals surface area contributed by atoms with Crippen LogP contribution in [0.15, 0.2) is 34.6 Å². The Balaban J connectivity index is 0.00000261. The van der Waals surface area contributed by atoms with Crippen molar-refractivity contribution in [3.8, 4) is 0 Å². The van der Waals surface area contributed by atoms with Gasteiger partial charge in [0, 0.05) is 54.7 Å². The Kier molecular flexibility index (Phi) is 9.11. The first kappa shape index (κ1) is 22.2. The molecule has 5 nitrogen and oxygen atoms in total. The number of thiazole rings is 1. The van der Waals surface area contributed by atoms with Crippen LogP contribution in [0.1, 0.15) is 24.0 Å². The van der Waals surface area contributed by atoms with E-state index in [-0.39, 0.29) is 24.0 Å². The van der Waals surface area contributed by atoms with Crippen LogP contribution in [0.4, 0.5) is 5.69 Å². The first-order valence-electron chi connectivity index (χ1n) is 9.10. The lowest BCUT2D eigenvalue weighted by Crippen LogP contribution is -2.44. The van der Waals surface area contributed by atoms with Crippen molar-refractivity contribution < 1.29 is 0 Å². The van der Waals surface area contributed by atoms with Crippen LogP contribution in [0.5, 0.6) is 0 Å². The van der Waals surface area contributed by atoms with E-state index in [1.807, 2.05) is 25.1 Å². The van der Waals surface area contributed by atoms with Gasteiger partial charge in [0.2, 0.25) is 0 Å². The number of nitrogens with one attached hydrogen (secondary N) is 2. The quantitative estimate of drug-likeness (QED) is 0.343. The smallest absolute Gasteiger partial charge is 0.191 e. The maximum absolute atomic E-state index is 6.12. The molecular weight excluding hydrogens is 493 g/mol. The van der Waals surface area contributed by atoms with E-state index in [2.05, 4.69) is 38.9 Å². The van der Waals surface area contributed by atoms with E-state index < -0.39 is 0 Å². The summed E-state index contributed by atoms with van der Waals surface area (Å²) >= 11 is 7.81. The summed E-state index contributed by atoms with van der Waals surface area (Å²) in [6.45, 7) is 7.70. The molecule has 1 saturated heterocycles. The van der Waals surface area contributed by atoms with Gasteiger partial charge in [0.25, 0.3) is 0 Å². The molecule has 8 heteroatoms. The predicted molar refractivity (Wildman–Crippen MR) is 127 cm³/mol. The number of hydrogen-bond acceptors (Lipinski definition) is 4. The Hall–Kier alpha value is -1.06. The van der Waals surface area contributed by atoms with Gasteiger partial charge in [0.15, 0.2) is 5.96 Å². The first-order valence-corrected chi connectivity index (χ1v) is 10.4. The van der Waals surface area contributed by atoms with Crippen LogP contribution >= 0.6 is 46.9 Å². The third-order valence-corrected chi connectivity index (χ3v) is 5.41. The van der Waals surface area contributed by atoms with Gasteiger partial charge in [-0.05, 0) is 38.5 Å². The zero-order valence-corrected chi connectivity index (χ0v) is 19.6. The highest BCUT2D eigenvalue weighted by Crippen LogP contribution is 2.23. The topological polar surface area (TPSA) is 52.6 Å². The Bertz CT molecular complexity index is 751. The first-order chi connectivity index (χ1) is 12.6. The molecule has 2 N–H and O–H groups in total. The number of aryl methyl sites for hydroxylation is 1. The third kappa shape index (κ3) is 6.80. The summed E-state index contributed by atoms with van der Waals surface area (Å²) in [6.07, 6.45) is 1.96. The average molecular weight is 520 g/mol. The van der Waals surface area contributed by atoms with Crippen LogP contribution < -0.4 is 15.5 Å². The van der Waals surface area contributed by atoms with Crippen molar-refractivity contribution in [3.63, 3.8) is 0 Å². The zero-order chi connectivity index (χ0) is 18.4. The zero-order valence-electron chi connectivity index (χ0n) is 15.7. The molecule has 1 aliphatic rings. The molecule has 27 heavy (non-hydrogen) atoms. The summed E-state index contributed by atoms with van der Waals surface area (Å²) in [5, 5.41) is 10.9. The van der Waals surface area contributed by atoms with Gasteiger partial charge in [-0.1, -0.05) is 17.7 Å². The second-order valence-electron chi connectivity index (χ2n) is 6.42. The molecule has 1 aromatic carbocycles. The summed E-state index contributed by atoms with van der Waals surface area (Å²) < 4.78 is 0. The van der Waals surface area contributed by atoms with E-state index in [1.54, 1.807) is 11.3 Å². The Morgan fingerprint density at radius 3 is 3.00 bits per heavy atom. The summed E-state index contributed by atoms with van der Waals surface area (Å²) in [5.74, 6) is 0.886. The fraction of sp³-hybridized carbons (Fsp3) is 0.474. The molecule has 1 aliphatic heterocycles. The molecule has 2 aromatic rings. The predicted octanol–water partition coefficient (Wildman–Crippen LogP) is 4.10. The largest absolute Gasteiger partial charge is 0.369 e. The van der Waals surface area contributed by atoms with Crippen LogP contribution in [0.25, 0.3) is 0 Å². The highest BCUT2D eigenvalue weighted by molar-refractivity contribution is 14.0. The van der Waals surface area contributed by atoms with Gasteiger partial charge in [-0.3, -0.25) is 4.99 Å². The van der Waals surface area contributed by atoms with Crippen LogP contribution in [-0.2, 0) is 6.42 Å². The monoisotopic (exact) mass is 519 g/mol. The Labute approximate surface area is 187 Å². The third-order valence-electron chi connectivity index (χ3n) is 4.35. The number of aromatic nitrogens is 1. The fourth-order valence-electron chi connectivity index (χ4n) is 3.10. The van der Waals surface area contributed by atoms with Crippen molar-refractivity contribution >= 4 is 58.6 Å². The van der Waals surface area contributed by atoms with Crippen molar-refractivity contribution in [2.45, 2.75) is 32.7 Å². The van der Waals surface area contributed by atoms with Crippen LogP contribution in [0.3, 0.4) is 0 Å². The second kappa shape index (κ2) is 11.1. The number of hydrogen-bond donors (Lipinski definition) is 2. The summed E-state index contributed by atoms with van der Waals surface area (Å²) in [6, 6.07) is 8.44. The second-order valence-corrected chi connectivity index (χ2v) is 7.92. The van der Waals surface area contributed by atoms with Crippen molar-refractivity contribution in [1.29, 1.82) is 0 Å². The van der Waals surface area contributed by atoms with Gasteiger partial charge in [-0.15, -0.1) is 35.3 Å². The number of guanidine groups is 1. The lowest BCUT2D eigenvalue weighted by atomic mass is 10.2. The lowest BCUT2D eigenvalue weighted by Gasteiger charge is -2.20. The van der Waals surface area contributed by atoms with Crippen LogP contribution in [0, 0.1) is 6.92 Å². The molecule has 0 spiro atoms. The summed E-state index contributed by atoms with van der Waals surface area (Å²) in [5.41, 5.74) is 2.31. The van der Waals surface area contributed by atoms with Gasteiger partial charge >= 0.3 is 0 Å². The summed E-state index contributed by atoms with van der Waals surface area (Å²) in [7, 11) is 0. The number of aliphatic imine (C=N–C) groups is 1. The van der Waals surface area contributed by atoms with Crippen LogP contribution in [0.2, 0.25) is 5.02 Å². The van der Waals surface area contributed by atoms with Gasteiger partial charge in [0.05, 0.1) is 10.7 Å². The maximum atomic E-state index is 6.12. The Morgan fingerprint density at radius 2 is 2.30 bits per heavy atom. The molecule has 148 valence electrons. The van der Waals surface area contributed by atoms with E-state index in [0.29, 0.717) is 6.04 Å². The van der Waals surface area contributed by atoms with E-state index in [9.17, 15) is 0 Å². The van der Waals surface area contributed by atoms with E-state index >= 15 is 0 Å². The van der Waals surface area contributed by atoms with Gasteiger partial charge in [-0.25, -0.2) is 4.98 Å². The van der Waals surface area contributed by atoms with Gasteiger partial charge in [-0.2, -0.15) is 0 Å². The molecule has 1 fully saturated rings. The molecule has 1 atom stereocenters. The molecule has 0 saturated carbocycles. The molecule has 1 aromatic heterocycles. The molecule has 3 rings (SSSR count). The molecular formula is C19H27ClIN5S. The molecule has 2 heterocycles. The van der Waals surface area contributed by atoms with Crippen molar-refractivity contribution in [1.82, 2.24) is 15.6 Å². The Morgan fingerprint density at radius 1 is 1.44 bits per heavy atom. The van der Waals surface area contributed by atoms with Gasteiger partial charge < -0.3 is 15.5 Å². The number of nitrogens with zero attached hydrogens (tertiary/aromatic N) is 3. The maximum Gasteiger partial charge on any atom is 0.191 e. The molecule has 0 bridgehead atoms. The van der Waals surface area contributed by atoms with Crippen molar-refractivity contribution in [2.75, 3.05) is 31.1 Å². The van der Waals surface area contributed by atoms with Crippen molar-refractivity contribution in [2.24, 2.45) is 4.99 Å². The minimum absolute atomic E-state index is 0. The minimum Gasteiger partial charge on any atom is -0.369 e. The van der Waals surface area contributed by atoms with E-state index in [0.717, 1.165) is 60.7 Å². The molecule has 0 amide bonds. The van der Waals surface area contributed by atoms with E-state index in [1.165, 1.54) is 5.69 Å². The standard InChI is InChI=1S/C19H26ClN5S.HI/c1-3-21-19(22-9-7-17-13-26-14(2)23-17)24-16-8-10-25(12-16)18-6-4-5-15(20)11-18;/h4-6,11,13,16H,3,7-10,12H2,1-2H3,(H2,21,22,24);1H. The molecule has 0 radical (unpaired) electrons. The minimum atomic E-state index is 0. The normalized spacial score (nSPS) is 16.9. The lowest BCUT2D eigenvalue weighted by molar-refractivity contribution is 0.649. The SMILES string of the molecule is CCNC(=NCCc1csc(C)n1)NC1CCN(c2cccc(Cl)c2)C1.I. The van der Waals surface area contributed by atoms with Crippen molar-refractivity contribution in [3.05, 3.63) is 45.4 Å². The average Bonchev–Trinajstić information content (AvgIpc) is 3.24. The van der Waals surface area contributed by atoms with Gasteiger partial charge in [0.1, 0.15) is 0 Å². The van der Waals surface area contributed by atoms with Crippen LogP contribution in [-0.4, -0.2) is 43.2 Å². The van der Waals surface area contributed by atoms with E-state index in [4.69, 9.17) is 16.6 Å². The molecule has 0 aliphatic carbocycles. The number of rotatable bonds is 6. The number of benzene rings is 1. The molecule has 1 unspecified atom stereocenters. The number of halogens is 2. The highest BCUT2D eigenvalue weighted by Gasteiger charge is 2.23. The highest BCUT2D eigenvalue weighted by atomic mass is 127. The fourth-order valence-corrected chi connectivity index (χ4v) is 3.94.